The van der Waals surface area contributed by atoms with Gasteiger partial charge < -0.3 is 43.2 Å². The molecule has 0 unspecified atom stereocenters. The number of carbonyl (C=O) groups excluding carboxylic acids is 4. The van der Waals surface area contributed by atoms with E-state index in [1.165, 1.54) is 18.6 Å². The second-order valence-corrected chi connectivity index (χ2v) is 8.50. The van der Waals surface area contributed by atoms with E-state index in [2.05, 4.69) is 9.97 Å². The number of fused-ring (bicyclic) bond motifs is 2. The van der Waals surface area contributed by atoms with Gasteiger partial charge in [0.25, 0.3) is 5.91 Å². The number of H-pyrrole nitrogens is 2. The van der Waals surface area contributed by atoms with Gasteiger partial charge in [-0.15, -0.1) is 11.6 Å². The summed E-state index contributed by atoms with van der Waals surface area (Å²) in [7, 11) is -1.00. The van der Waals surface area contributed by atoms with Crippen LogP contribution in [0.25, 0.3) is 22.2 Å². The van der Waals surface area contributed by atoms with E-state index < -0.39 is 19.1 Å². The van der Waals surface area contributed by atoms with Crippen LogP contribution in [0.1, 0.15) is 35.2 Å². The van der Waals surface area contributed by atoms with Crippen molar-refractivity contribution in [3.05, 3.63) is 48.2 Å². The molecule has 2 fully saturated rings. The van der Waals surface area contributed by atoms with Crippen LogP contribution in [0.3, 0.4) is 0 Å². The van der Waals surface area contributed by atoms with Crippen molar-refractivity contribution < 1.29 is 73.2 Å². The van der Waals surface area contributed by atoms with Crippen molar-refractivity contribution in [2.24, 2.45) is 0 Å². The van der Waals surface area contributed by atoms with E-state index in [1.54, 1.807) is 28.0 Å². The van der Waals surface area contributed by atoms with E-state index >= 15 is 0 Å². The number of rotatable bonds is 5. The summed E-state index contributed by atoms with van der Waals surface area (Å²) in [5.41, 5.74) is 2.86. The van der Waals surface area contributed by atoms with E-state index in [4.69, 9.17) is 26.5 Å². The number of carboxylic acids is 1. The minimum Gasteiger partial charge on any atom is -0.543 e. The van der Waals surface area contributed by atoms with Crippen LogP contribution in [0.2, 0.25) is 0 Å². The first-order chi connectivity index (χ1) is 19.3. The van der Waals surface area contributed by atoms with Crippen LogP contribution in [0.15, 0.2) is 45.6 Å². The predicted molar refractivity (Wildman–Crippen MR) is 136 cm³/mol. The monoisotopic (exact) mass is 589 g/mol. The number of hydrogen-bond acceptors (Lipinski definition) is 8. The molecular weight excluding hydrogens is 562 g/mol. The van der Waals surface area contributed by atoms with Gasteiger partial charge in [-0.3, -0.25) is 14.0 Å². The molecule has 210 valence electrons. The molecule has 2 saturated heterocycles. The van der Waals surface area contributed by atoms with E-state index in [0.29, 0.717) is 22.4 Å². The Morgan fingerprint density at radius 3 is 1.85 bits per heavy atom. The number of nitrogens with one attached hydrogen (secondary N) is 2. The Morgan fingerprint density at radius 2 is 1.45 bits per heavy atom. The topological polar surface area (TPSA) is 165 Å². The molecule has 0 bridgehead atoms. The SMILES string of the molecule is O=C(CCl)N1CCC1.O=C(OCC(=O)N1CCC1)c1cc2occc2[nH]1.O=C([O-])c1cc2occc2[nH]1.[2H]CF.[Na+]. The number of halogens is 2. The molecule has 4 aromatic rings. The second-order valence-electron chi connectivity index (χ2n) is 8.23. The van der Waals surface area contributed by atoms with Crippen LogP contribution in [0.5, 0.6) is 0 Å². The van der Waals surface area contributed by atoms with Crippen LogP contribution in [0, 0.1) is 0 Å². The zero-order chi connectivity index (χ0) is 29.1. The van der Waals surface area contributed by atoms with Crippen molar-refractivity contribution in [3.63, 3.8) is 0 Å². The largest absolute Gasteiger partial charge is 1.00 e. The quantitative estimate of drug-likeness (QED) is 0.176. The standard InChI is InChI=1S/C12H12N2O4.C7H5NO3.C5H8ClNO.CH3F.Na/c15-11(14-3-1-4-14)7-18-12(16)9-6-10-8(13-9)2-5-17-10;9-7(10)5-3-6-4(8-5)1-2-11-6;6-4-5(8)7-2-1-3-7;1-2;/h2,5-6,13H,1,3-4,7H2;1-3,8H,(H,9,10);1-4H2;1H3;/q;;;;+1/p-1/i;;;1D;. The smallest absolute Gasteiger partial charge is 0.543 e. The fraction of sp³-hybridized carbons (Fsp3) is 0.360. The fourth-order valence-corrected chi connectivity index (χ4v) is 3.60. The second kappa shape index (κ2) is 16.1. The molecule has 0 spiro atoms. The molecule has 2 amide bonds. The Hall–Kier alpha value is -3.26. The zero-order valence-corrected chi connectivity index (χ0v) is 24.5. The van der Waals surface area contributed by atoms with Crippen LogP contribution in [0.4, 0.5) is 4.39 Å². The summed E-state index contributed by atoms with van der Waals surface area (Å²) in [5.74, 6) is -1.71. The number of ether oxygens (including phenoxy) is 1. The molecule has 12 nitrogen and oxygen atoms in total. The summed E-state index contributed by atoms with van der Waals surface area (Å²) in [5, 5.41) is 10.3. The number of furan rings is 2. The van der Waals surface area contributed by atoms with Crippen molar-refractivity contribution in [1.82, 2.24) is 19.8 Å². The molecule has 15 heteroatoms. The number of aromatic amines is 2. The molecule has 0 radical (unpaired) electrons. The van der Waals surface area contributed by atoms with Gasteiger partial charge in [-0.1, -0.05) is 0 Å². The van der Waals surface area contributed by atoms with Gasteiger partial charge in [-0.05, 0) is 12.8 Å². The average molecular weight is 590 g/mol. The van der Waals surface area contributed by atoms with E-state index in [9.17, 15) is 28.7 Å². The number of alkyl halides is 2. The average Bonchev–Trinajstić information content (AvgIpc) is 3.62. The molecule has 0 aliphatic carbocycles. The third-order valence-electron chi connectivity index (χ3n) is 5.78. The van der Waals surface area contributed by atoms with Gasteiger partial charge in [0, 0.05) is 50.4 Å². The summed E-state index contributed by atoms with van der Waals surface area (Å²) in [6.07, 6.45) is 5.18. The van der Waals surface area contributed by atoms with Crippen molar-refractivity contribution in [3.8, 4) is 0 Å². The fourth-order valence-electron chi connectivity index (χ4n) is 3.43. The first kappa shape index (κ1) is 31.3. The van der Waals surface area contributed by atoms with Gasteiger partial charge in [0.05, 0.1) is 43.7 Å². The number of amides is 2. The molecule has 6 rings (SSSR count). The molecule has 2 N–H and O–H groups in total. The molecule has 40 heavy (non-hydrogen) atoms. The predicted octanol–water partition coefficient (Wildman–Crippen LogP) is -0.678. The number of esters is 1. The number of aromatic nitrogens is 2. The first-order valence-electron chi connectivity index (χ1n) is 12.5. The molecule has 6 heterocycles. The normalized spacial score (nSPS) is 13.5. The Kier molecular flexibility index (Phi) is 12.6. The maximum absolute atomic E-state index is 11.7. The Bertz CT molecular complexity index is 1370. The summed E-state index contributed by atoms with van der Waals surface area (Å²) in [6, 6.07) is 6.33. The number of carboxylic acid groups (broad SMARTS) is 1. The minimum atomic E-state index is -1.23. The van der Waals surface area contributed by atoms with Gasteiger partial charge in [0.2, 0.25) is 5.91 Å². The van der Waals surface area contributed by atoms with Gasteiger partial charge in [0.1, 0.15) is 11.6 Å². The van der Waals surface area contributed by atoms with Crippen LogP contribution < -0.4 is 34.7 Å². The van der Waals surface area contributed by atoms with Crippen molar-refractivity contribution >= 4 is 57.6 Å². The molecule has 4 aromatic heterocycles. The summed E-state index contributed by atoms with van der Waals surface area (Å²) >= 11 is 5.27. The van der Waals surface area contributed by atoms with Gasteiger partial charge in [0.15, 0.2) is 17.8 Å². The minimum absolute atomic E-state index is 0. The summed E-state index contributed by atoms with van der Waals surface area (Å²) in [6.45, 7) is 3.12. The Labute approximate surface area is 256 Å². The number of hydrogen-bond donors (Lipinski definition) is 2. The van der Waals surface area contributed by atoms with Gasteiger partial charge >= 0.3 is 35.5 Å². The summed E-state index contributed by atoms with van der Waals surface area (Å²) in [4.78, 5) is 53.0. The number of likely N-dealkylation sites (tertiary alicyclic amines) is 2. The van der Waals surface area contributed by atoms with E-state index in [0.717, 1.165) is 44.5 Å². The third-order valence-corrected chi connectivity index (χ3v) is 6.01. The van der Waals surface area contributed by atoms with E-state index in [1.807, 2.05) is 0 Å². The van der Waals surface area contributed by atoms with Gasteiger partial charge in [-0.2, -0.15) is 0 Å². The molecule has 2 aliphatic rings. The maximum Gasteiger partial charge on any atom is 1.00 e. The molecule has 0 aromatic carbocycles. The van der Waals surface area contributed by atoms with Crippen LogP contribution in [-0.2, 0) is 14.3 Å². The summed E-state index contributed by atoms with van der Waals surface area (Å²) < 4.78 is 30.5. The molecule has 0 saturated carbocycles. The Morgan fingerprint density at radius 1 is 0.975 bits per heavy atom. The van der Waals surface area contributed by atoms with Crippen LogP contribution >= 0.6 is 11.6 Å². The molecule has 0 atom stereocenters. The van der Waals surface area contributed by atoms with E-state index in [-0.39, 0.29) is 59.6 Å². The first-order valence-corrected chi connectivity index (χ1v) is 12.3. The van der Waals surface area contributed by atoms with Crippen molar-refractivity contribution in [2.45, 2.75) is 12.8 Å². The Balaban J connectivity index is 0.000000219. The third kappa shape index (κ3) is 8.62. The zero-order valence-electron chi connectivity index (χ0n) is 22.7. The maximum atomic E-state index is 11.7. The number of aromatic carboxylic acids is 1. The van der Waals surface area contributed by atoms with Gasteiger partial charge in [-0.25, -0.2) is 4.79 Å². The van der Waals surface area contributed by atoms with Crippen LogP contribution in [-0.4, -0.2) is 89.3 Å². The van der Waals surface area contributed by atoms with Crippen molar-refractivity contribution in [2.75, 3.05) is 45.8 Å². The molecule has 2 aliphatic heterocycles. The number of nitrogens with zero attached hydrogens (tertiary/aromatic N) is 2. The molecular formula is C25H27ClFN4NaO8. The number of carbonyl (C=O) groups is 4. The van der Waals surface area contributed by atoms with Crippen molar-refractivity contribution in [1.29, 1.82) is 0 Å².